The first-order chi connectivity index (χ1) is 21.6. The van der Waals surface area contributed by atoms with Crippen molar-refractivity contribution in [2.24, 2.45) is 11.7 Å². The zero-order valence-corrected chi connectivity index (χ0v) is 26.3. The second-order valence-corrected chi connectivity index (χ2v) is 11.9. The van der Waals surface area contributed by atoms with E-state index < -0.39 is 53.6 Å². The summed E-state index contributed by atoms with van der Waals surface area (Å²) in [6.45, 7) is 1.20. The van der Waals surface area contributed by atoms with Gasteiger partial charge in [-0.25, -0.2) is 0 Å². The highest BCUT2D eigenvalue weighted by molar-refractivity contribution is 6.04. The van der Waals surface area contributed by atoms with Gasteiger partial charge in [0.05, 0.1) is 6.54 Å². The Kier molecular flexibility index (Phi) is 11.5. The Balaban J connectivity index is 1.78. The number of aromatic amines is 1. The largest absolute Gasteiger partial charge is 0.361 e. The van der Waals surface area contributed by atoms with Gasteiger partial charge in [-0.15, -0.1) is 0 Å². The van der Waals surface area contributed by atoms with E-state index in [0.717, 1.165) is 46.2 Å². The van der Waals surface area contributed by atoms with Crippen LogP contribution in [-0.2, 0) is 36.8 Å². The lowest BCUT2D eigenvalue weighted by Crippen LogP contribution is -2.61. The Hall–Kier alpha value is -4.51. The molecule has 5 N–H and O–H groups in total. The monoisotopic (exact) mass is 616 g/mol. The van der Waals surface area contributed by atoms with Crippen molar-refractivity contribution in [1.29, 1.82) is 0 Å². The molecule has 0 bridgehead atoms. The minimum atomic E-state index is -1.21. The summed E-state index contributed by atoms with van der Waals surface area (Å²) in [4.78, 5) is 74.0. The number of amides is 5. The molecule has 45 heavy (non-hydrogen) atoms. The lowest BCUT2D eigenvalue weighted by Gasteiger charge is -2.36. The van der Waals surface area contributed by atoms with E-state index in [-0.39, 0.29) is 19.4 Å². The maximum atomic E-state index is 14.8. The predicted molar refractivity (Wildman–Crippen MR) is 172 cm³/mol. The van der Waals surface area contributed by atoms with Gasteiger partial charge in [0.1, 0.15) is 18.1 Å². The van der Waals surface area contributed by atoms with Gasteiger partial charge in [-0.3, -0.25) is 28.9 Å². The molecule has 1 aliphatic carbocycles. The number of likely N-dealkylation sites (N-methyl/N-ethyl adjacent to an activating group) is 1. The predicted octanol–water partition coefficient (Wildman–Crippen LogP) is 2.29. The number of imide groups is 1. The van der Waals surface area contributed by atoms with E-state index in [1.807, 2.05) is 54.6 Å². The van der Waals surface area contributed by atoms with Crippen LogP contribution >= 0.6 is 0 Å². The zero-order valence-electron chi connectivity index (χ0n) is 26.3. The molecule has 2 aromatic carbocycles. The molecule has 0 unspecified atom stereocenters. The van der Waals surface area contributed by atoms with Crippen LogP contribution in [0.1, 0.15) is 50.2 Å². The summed E-state index contributed by atoms with van der Waals surface area (Å²) >= 11 is 0. The van der Waals surface area contributed by atoms with Crippen LogP contribution in [0.25, 0.3) is 10.9 Å². The molecule has 4 rings (SSSR count). The molecule has 11 nitrogen and oxygen atoms in total. The molecule has 240 valence electrons. The fourth-order valence-corrected chi connectivity index (χ4v) is 5.94. The van der Waals surface area contributed by atoms with Crippen molar-refractivity contribution in [3.8, 4) is 0 Å². The third-order valence-electron chi connectivity index (χ3n) is 8.41. The van der Waals surface area contributed by atoms with Gasteiger partial charge in [-0.1, -0.05) is 67.8 Å². The summed E-state index contributed by atoms with van der Waals surface area (Å²) < 4.78 is 0. The van der Waals surface area contributed by atoms with E-state index in [4.69, 9.17) is 5.73 Å². The minimum Gasteiger partial charge on any atom is -0.361 e. The van der Waals surface area contributed by atoms with Gasteiger partial charge in [0, 0.05) is 50.0 Å². The van der Waals surface area contributed by atoms with E-state index in [2.05, 4.69) is 15.6 Å². The molecule has 1 heterocycles. The van der Waals surface area contributed by atoms with Gasteiger partial charge in [-0.2, -0.15) is 0 Å². The molecule has 1 aliphatic rings. The zero-order chi connectivity index (χ0) is 32.5. The van der Waals surface area contributed by atoms with Crippen molar-refractivity contribution in [2.75, 3.05) is 20.6 Å². The summed E-state index contributed by atoms with van der Waals surface area (Å²) in [6, 6.07) is 13.5. The summed E-state index contributed by atoms with van der Waals surface area (Å²) in [5.41, 5.74) is 7.83. The number of benzene rings is 2. The molecule has 3 aromatic rings. The smallest absolute Gasteiger partial charge is 0.252 e. The Labute approximate surface area is 263 Å². The fourth-order valence-electron chi connectivity index (χ4n) is 5.94. The fraction of sp³-hybridized carbons (Fsp3) is 0.441. The number of hydrogen-bond donors (Lipinski definition) is 4. The van der Waals surface area contributed by atoms with Crippen LogP contribution in [-0.4, -0.2) is 83.1 Å². The lowest BCUT2D eigenvalue weighted by atomic mass is 9.87. The Bertz CT molecular complexity index is 1500. The third kappa shape index (κ3) is 8.36. The van der Waals surface area contributed by atoms with Gasteiger partial charge >= 0.3 is 0 Å². The number of hydrogen-bond acceptors (Lipinski definition) is 6. The number of para-hydroxylation sites is 1. The summed E-state index contributed by atoms with van der Waals surface area (Å²) in [7, 11) is 3.20. The molecule has 5 amide bonds. The van der Waals surface area contributed by atoms with Gasteiger partial charge in [0.25, 0.3) is 5.91 Å². The second-order valence-electron chi connectivity index (χ2n) is 11.9. The van der Waals surface area contributed by atoms with Crippen LogP contribution in [0.3, 0.4) is 0 Å². The molecular formula is C34H44N6O5. The highest BCUT2D eigenvalue weighted by Gasteiger charge is 2.42. The summed E-state index contributed by atoms with van der Waals surface area (Å²) in [5.74, 6) is -3.01. The quantitative estimate of drug-likeness (QED) is 0.245. The molecule has 0 saturated heterocycles. The van der Waals surface area contributed by atoms with Gasteiger partial charge < -0.3 is 26.3 Å². The number of fused-ring (bicyclic) bond motifs is 1. The van der Waals surface area contributed by atoms with Crippen molar-refractivity contribution < 1.29 is 24.0 Å². The van der Waals surface area contributed by atoms with Crippen molar-refractivity contribution in [2.45, 2.75) is 70.0 Å². The van der Waals surface area contributed by atoms with Gasteiger partial charge in [0.2, 0.25) is 23.6 Å². The molecule has 1 fully saturated rings. The van der Waals surface area contributed by atoms with E-state index in [1.165, 1.54) is 11.8 Å². The Morgan fingerprint density at radius 2 is 1.56 bits per heavy atom. The average Bonchev–Trinajstić information content (AvgIpc) is 3.46. The Morgan fingerprint density at radius 3 is 2.22 bits per heavy atom. The van der Waals surface area contributed by atoms with Gasteiger partial charge in [-0.05, 0) is 37.0 Å². The maximum Gasteiger partial charge on any atom is 0.252 e. The highest BCUT2D eigenvalue weighted by atomic mass is 16.2. The van der Waals surface area contributed by atoms with Crippen molar-refractivity contribution in [1.82, 2.24) is 25.4 Å². The highest BCUT2D eigenvalue weighted by Crippen LogP contribution is 2.28. The SMILES string of the molecule is C[C@H](NC(=O)CN)C(=O)N[C@H](Cc1c[nH]c2ccccc12)C(=O)N(C(=O)C1CCCCC1)[C@@H](Cc1ccccc1)C(=O)N(C)C. The number of carbonyl (C=O) groups is 5. The number of carbonyl (C=O) groups excluding carboxylic acids is 5. The number of rotatable bonds is 12. The Morgan fingerprint density at radius 1 is 0.889 bits per heavy atom. The molecule has 0 radical (unpaired) electrons. The van der Waals surface area contributed by atoms with Crippen molar-refractivity contribution >= 4 is 40.4 Å². The molecule has 3 atom stereocenters. The molecular weight excluding hydrogens is 572 g/mol. The van der Waals surface area contributed by atoms with Crippen LogP contribution in [0, 0.1) is 5.92 Å². The van der Waals surface area contributed by atoms with Crippen LogP contribution in [0.5, 0.6) is 0 Å². The molecule has 11 heteroatoms. The number of nitrogens with zero attached hydrogens (tertiary/aromatic N) is 2. The first-order valence-corrected chi connectivity index (χ1v) is 15.6. The summed E-state index contributed by atoms with van der Waals surface area (Å²) in [6.07, 6.45) is 5.92. The van der Waals surface area contributed by atoms with Gasteiger partial charge in [0.15, 0.2) is 0 Å². The normalized spacial score (nSPS) is 15.5. The maximum absolute atomic E-state index is 14.8. The first-order valence-electron chi connectivity index (χ1n) is 15.6. The standard InChI is InChI=1S/C34H44N6O5/c1-22(37-30(41)20-35)31(42)38-28(19-25-21-36-27-17-11-10-16-26(25)27)33(44)40(32(43)24-14-8-5-9-15-24)29(34(45)39(2)3)18-23-12-6-4-7-13-23/h4,6-7,10-13,16-17,21-22,24,28-29,36H,5,8-9,14-15,18-20,35H2,1-3H3,(H,37,41)(H,38,42)/t22-,28+,29-/m0/s1. The van der Waals surface area contributed by atoms with E-state index in [0.29, 0.717) is 12.8 Å². The topological polar surface area (TPSA) is 158 Å². The van der Waals surface area contributed by atoms with Crippen LogP contribution in [0.2, 0.25) is 0 Å². The molecule has 1 aromatic heterocycles. The summed E-state index contributed by atoms with van der Waals surface area (Å²) in [5, 5.41) is 6.18. The van der Waals surface area contributed by atoms with Crippen LogP contribution in [0.15, 0.2) is 60.8 Å². The third-order valence-corrected chi connectivity index (χ3v) is 8.41. The molecule has 0 aliphatic heterocycles. The second kappa shape index (κ2) is 15.5. The van der Waals surface area contributed by atoms with E-state index in [1.54, 1.807) is 20.3 Å². The minimum absolute atomic E-state index is 0.0504. The van der Waals surface area contributed by atoms with Crippen LogP contribution in [0.4, 0.5) is 0 Å². The van der Waals surface area contributed by atoms with Crippen molar-refractivity contribution in [3.05, 3.63) is 71.9 Å². The van der Waals surface area contributed by atoms with Crippen LogP contribution < -0.4 is 16.4 Å². The lowest BCUT2D eigenvalue weighted by molar-refractivity contribution is -0.158. The molecule has 1 saturated carbocycles. The van der Waals surface area contributed by atoms with Crippen molar-refractivity contribution in [3.63, 3.8) is 0 Å². The van der Waals surface area contributed by atoms with E-state index in [9.17, 15) is 24.0 Å². The number of nitrogens with one attached hydrogen (secondary N) is 3. The average molecular weight is 617 g/mol. The van der Waals surface area contributed by atoms with E-state index >= 15 is 0 Å². The number of H-pyrrole nitrogens is 1. The number of aromatic nitrogens is 1. The first kappa shape index (κ1) is 33.4. The molecule has 0 spiro atoms. The number of nitrogens with two attached hydrogens (primary N) is 1.